The van der Waals surface area contributed by atoms with Gasteiger partial charge >= 0.3 is 5.97 Å². The van der Waals surface area contributed by atoms with Gasteiger partial charge in [0.05, 0.1) is 18.2 Å². The van der Waals surface area contributed by atoms with Gasteiger partial charge in [-0.3, -0.25) is 9.69 Å². The van der Waals surface area contributed by atoms with Gasteiger partial charge in [0.2, 0.25) is 0 Å². The number of benzene rings is 2. The summed E-state index contributed by atoms with van der Waals surface area (Å²) >= 11 is 0. The predicted molar refractivity (Wildman–Crippen MR) is 103 cm³/mol. The highest BCUT2D eigenvalue weighted by molar-refractivity contribution is 5.98. The molecule has 0 atom stereocenters. The number of ketones is 1. The van der Waals surface area contributed by atoms with Crippen molar-refractivity contribution in [2.24, 2.45) is 5.92 Å². The first-order valence-electron chi connectivity index (χ1n) is 9.50. The highest BCUT2D eigenvalue weighted by atomic mass is 19.1. The Kier molecular flexibility index (Phi) is 6.93. The van der Waals surface area contributed by atoms with Crippen molar-refractivity contribution in [1.82, 2.24) is 4.90 Å². The predicted octanol–water partition coefficient (Wildman–Crippen LogP) is 3.73. The Morgan fingerprint density at radius 3 is 2.41 bits per heavy atom. The molecule has 2 aromatic carbocycles. The van der Waals surface area contributed by atoms with Crippen molar-refractivity contribution >= 4 is 11.8 Å². The van der Waals surface area contributed by atoms with E-state index in [1.165, 1.54) is 7.11 Å². The van der Waals surface area contributed by atoms with Crippen LogP contribution in [0.25, 0.3) is 0 Å². The normalized spacial score (nSPS) is 15.1. The summed E-state index contributed by atoms with van der Waals surface area (Å²) in [5.74, 6) is -1.65. The number of hydrogen-bond donors (Lipinski definition) is 0. The molecule has 1 saturated heterocycles. The maximum atomic E-state index is 13.8. The number of piperidine rings is 1. The summed E-state index contributed by atoms with van der Waals surface area (Å²) in [6.07, 6.45) is 1.20. The summed E-state index contributed by atoms with van der Waals surface area (Å²) in [7, 11) is 1.33. The molecule has 0 bridgehead atoms. The van der Waals surface area contributed by atoms with E-state index in [-0.39, 0.29) is 17.3 Å². The molecule has 7 heteroatoms. The number of halogens is 2. The first-order valence-corrected chi connectivity index (χ1v) is 9.50. The Balaban J connectivity index is 1.43. The summed E-state index contributed by atoms with van der Waals surface area (Å²) in [5, 5.41) is 0. The van der Waals surface area contributed by atoms with E-state index in [0.29, 0.717) is 50.4 Å². The Morgan fingerprint density at radius 2 is 1.76 bits per heavy atom. The number of nitrogens with zero attached hydrogens (tertiary/aromatic N) is 1. The summed E-state index contributed by atoms with van der Waals surface area (Å²) in [6, 6.07) is 9.69. The number of carbonyl (C=O) groups is 2. The van der Waals surface area contributed by atoms with Crippen LogP contribution >= 0.6 is 0 Å². The minimum atomic E-state index is -0.676. The van der Waals surface area contributed by atoms with Crippen LogP contribution in [0.1, 0.15) is 33.6 Å². The lowest BCUT2D eigenvalue weighted by atomic mass is 9.88. The SMILES string of the molecule is COC(=O)c1ccc(OCCN2CCC(C(=O)c3cc(F)ccc3F)CC2)cc1. The van der Waals surface area contributed by atoms with E-state index in [4.69, 9.17) is 4.74 Å². The van der Waals surface area contributed by atoms with Gasteiger partial charge in [0, 0.05) is 12.5 Å². The van der Waals surface area contributed by atoms with Crippen molar-refractivity contribution in [2.45, 2.75) is 12.8 Å². The minimum Gasteiger partial charge on any atom is -0.492 e. The highest BCUT2D eigenvalue weighted by Crippen LogP contribution is 2.23. The van der Waals surface area contributed by atoms with Crippen molar-refractivity contribution in [3.8, 4) is 5.75 Å². The number of hydrogen-bond acceptors (Lipinski definition) is 5. The molecule has 0 N–H and O–H groups in total. The van der Waals surface area contributed by atoms with Gasteiger partial charge in [-0.15, -0.1) is 0 Å². The van der Waals surface area contributed by atoms with Crippen LogP contribution in [0.5, 0.6) is 5.75 Å². The molecule has 0 aliphatic carbocycles. The molecule has 1 aliphatic rings. The fourth-order valence-corrected chi connectivity index (χ4v) is 3.42. The summed E-state index contributed by atoms with van der Waals surface area (Å²) < 4.78 is 37.5. The third-order valence-electron chi connectivity index (χ3n) is 5.10. The molecule has 29 heavy (non-hydrogen) atoms. The second-order valence-corrected chi connectivity index (χ2v) is 6.97. The van der Waals surface area contributed by atoms with Crippen LogP contribution < -0.4 is 4.74 Å². The molecular weight excluding hydrogens is 380 g/mol. The lowest BCUT2D eigenvalue weighted by molar-refractivity contribution is 0.0600. The monoisotopic (exact) mass is 403 g/mol. The molecule has 0 radical (unpaired) electrons. The first-order chi connectivity index (χ1) is 14.0. The number of rotatable bonds is 7. The number of methoxy groups -OCH3 is 1. The standard InChI is InChI=1S/C22H23F2NO4/c1-28-22(27)16-2-5-18(6-3-16)29-13-12-25-10-8-15(9-11-25)21(26)19-14-17(23)4-7-20(19)24/h2-7,14-15H,8-13H2,1H3. The molecule has 3 rings (SSSR count). The van der Waals surface area contributed by atoms with E-state index >= 15 is 0 Å². The van der Waals surface area contributed by atoms with Crippen LogP contribution in [0.3, 0.4) is 0 Å². The van der Waals surface area contributed by atoms with Gasteiger partial charge in [-0.2, -0.15) is 0 Å². The zero-order valence-corrected chi connectivity index (χ0v) is 16.2. The largest absolute Gasteiger partial charge is 0.492 e. The van der Waals surface area contributed by atoms with Gasteiger partial charge in [0.25, 0.3) is 0 Å². The fraction of sp³-hybridized carbons (Fsp3) is 0.364. The summed E-state index contributed by atoms with van der Waals surface area (Å²) in [4.78, 5) is 26.1. The molecule has 0 saturated carbocycles. The molecule has 2 aromatic rings. The molecular formula is C22H23F2NO4. The summed E-state index contributed by atoms with van der Waals surface area (Å²) in [5.41, 5.74) is 0.295. The van der Waals surface area contributed by atoms with E-state index in [1.54, 1.807) is 24.3 Å². The highest BCUT2D eigenvalue weighted by Gasteiger charge is 2.27. The average Bonchev–Trinajstić information content (AvgIpc) is 2.75. The average molecular weight is 403 g/mol. The number of carbonyl (C=O) groups excluding carboxylic acids is 2. The second kappa shape index (κ2) is 9.60. The van der Waals surface area contributed by atoms with Crippen molar-refractivity contribution in [1.29, 1.82) is 0 Å². The summed E-state index contributed by atoms with van der Waals surface area (Å²) in [6.45, 7) is 2.54. The van der Waals surface area contributed by atoms with Gasteiger partial charge in [-0.1, -0.05) is 0 Å². The molecule has 1 heterocycles. The van der Waals surface area contributed by atoms with E-state index < -0.39 is 17.6 Å². The molecule has 154 valence electrons. The van der Waals surface area contributed by atoms with Gasteiger partial charge in [-0.05, 0) is 68.4 Å². The van der Waals surface area contributed by atoms with Crippen LogP contribution in [-0.2, 0) is 4.74 Å². The quantitative estimate of drug-likeness (QED) is 0.521. The van der Waals surface area contributed by atoms with Gasteiger partial charge in [0.1, 0.15) is 24.0 Å². The Hall–Kier alpha value is -2.80. The smallest absolute Gasteiger partial charge is 0.337 e. The maximum Gasteiger partial charge on any atom is 0.337 e. The van der Waals surface area contributed by atoms with Crippen molar-refractivity contribution in [3.05, 3.63) is 65.2 Å². The van der Waals surface area contributed by atoms with Crippen molar-refractivity contribution < 1.29 is 27.8 Å². The van der Waals surface area contributed by atoms with Crippen LogP contribution in [-0.4, -0.2) is 50.0 Å². The number of ether oxygens (including phenoxy) is 2. The lowest BCUT2D eigenvalue weighted by Gasteiger charge is -2.31. The van der Waals surface area contributed by atoms with Crippen molar-refractivity contribution in [2.75, 3.05) is 33.4 Å². The molecule has 0 spiro atoms. The van der Waals surface area contributed by atoms with Gasteiger partial charge in [0.15, 0.2) is 5.78 Å². The van der Waals surface area contributed by atoms with E-state index in [0.717, 1.165) is 18.2 Å². The molecule has 5 nitrogen and oxygen atoms in total. The fourth-order valence-electron chi connectivity index (χ4n) is 3.42. The van der Waals surface area contributed by atoms with Crippen LogP contribution in [0.4, 0.5) is 8.78 Å². The van der Waals surface area contributed by atoms with Gasteiger partial charge < -0.3 is 9.47 Å². The molecule has 1 fully saturated rings. The topological polar surface area (TPSA) is 55.8 Å². The van der Waals surface area contributed by atoms with E-state index in [2.05, 4.69) is 9.64 Å². The van der Waals surface area contributed by atoms with Gasteiger partial charge in [-0.25, -0.2) is 13.6 Å². The van der Waals surface area contributed by atoms with E-state index in [1.807, 2.05) is 0 Å². The minimum absolute atomic E-state index is 0.165. The molecule has 1 aliphatic heterocycles. The Bertz CT molecular complexity index is 862. The first kappa shape index (κ1) is 20.9. The number of Topliss-reactive ketones (excluding diaryl/α,β-unsaturated/α-hetero) is 1. The number of esters is 1. The van der Waals surface area contributed by atoms with Crippen molar-refractivity contribution in [3.63, 3.8) is 0 Å². The lowest BCUT2D eigenvalue weighted by Crippen LogP contribution is -2.38. The molecule has 0 unspecified atom stereocenters. The van der Waals surface area contributed by atoms with E-state index in [9.17, 15) is 18.4 Å². The zero-order chi connectivity index (χ0) is 20.8. The maximum absolute atomic E-state index is 13.8. The molecule has 0 amide bonds. The van der Waals surface area contributed by atoms with Crippen LogP contribution in [0, 0.1) is 17.6 Å². The third-order valence-corrected chi connectivity index (χ3v) is 5.10. The second-order valence-electron chi connectivity index (χ2n) is 6.97. The zero-order valence-electron chi connectivity index (χ0n) is 16.2. The Morgan fingerprint density at radius 1 is 1.07 bits per heavy atom. The van der Waals surface area contributed by atoms with Crippen LogP contribution in [0.15, 0.2) is 42.5 Å². The number of likely N-dealkylation sites (tertiary alicyclic amines) is 1. The Labute approximate surface area is 168 Å². The molecule has 0 aromatic heterocycles. The third kappa shape index (κ3) is 5.38. The van der Waals surface area contributed by atoms with Crippen LogP contribution in [0.2, 0.25) is 0 Å².